The quantitative estimate of drug-likeness (QED) is 0.642. The molecule has 2 heterocycles. The summed E-state index contributed by atoms with van der Waals surface area (Å²) in [6, 6.07) is 11.3. The summed E-state index contributed by atoms with van der Waals surface area (Å²) in [6.45, 7) is 0. The highest BCUT2D eigenvalue weighted by atomic mass is 35.5. The Morgan fingerprint density at radius 3 is 2.94 bits per heavy atom. The van der Waals surface area contributed by atoms with E-state index in [1.807, 2.05) is 36.4 Å². The molecule has 0 atom stereocenters. The number of hydrogen-bond acceptors (Lipinski definition) is 3. The third-order valence-electron chi connectivity index (χ3n) is 2.31. The van der Waals surface area contributed by atoms with Crippen LogP contribution in [0.5, 0.6) is 0 Å². The lowest BCUT2D eigenvalue weighted by Crippen LogP contribution is -1.84. The van der Waals surface area contributed by atoms with Gasteiger partial charge in [-0.3, -0.25) is 0 Å². The van der Waals surface area contributed by atoms with E-state index in [1.165, 1.54) is 6.39 Å². The number of halogens is 1. The lowest BCUT2D eigenvalue weighted by molar-refractivity contribution is 0.602. The van der Waals surface area contributed by atoms with Crippen LogP contribution in [-0.4, -0.2) is 9.97 Å². The van der Waals surface area contributed by atoms with Crippen LogP contribution in [0.25, 0.3) is 22.5 Å². The van der Waals surface area contributed by atoms with Crippen molar-refractivity contribution in [3.05, 3.63) is 47.8 Å². The van der Waals surface area contributed by atoms with E-state index >= 15 is 0 Å². The zero-order valence-electron chi connectivity index (χ0n) is 8.22. The first kappa shape index (κ1) is 9.36. The summed E-state index contributed by atoms with van der Waals surface area (Å²) in [5, 5.41) is 0.694. The van der Waals surface area contributed by atoms with E-state index in [-0.39, 0.29) is 0 Å². The molecule has 2 aromatic heterocycles. The van der Waals surface area contributed by atoms with Crippen molar-refractivity contribution in [2.45, 2.75) is 0 Å². The SMILES string of the molecule is Clc1cccc(-c2ccc3ocnc3n2)c1. The molecule has 0 fully saturated rings. The molecule has 0 N–H and O–H groups in total. The van der Waals surface area contributed by atoms with E-state index in [9.17, 15) is 0 Å². The zero-order chi connectivity index (χ0) is 11.0. The summed E-state index contributed by atoms with van der Waals surface area (Å²) in [5.74, 6) is 0. The van der Waals surface area contributed by atoms with Gasteiger partial charge in [-0.05, 0) is 24.3 Å². The van der Waals surface area contributed by atoms with Crippen LogP contribution in [0.3, 0.4) is 0 Å². The number of benzene rings is 1. The fourth-order valence-electron chi connectivity index (χ4n) is 1.56. The Labute approximate surface area is 96.7 Å². The van der Waals surface area contributed by atoms with Crippen LogP contribution in [0.4, 0.5) is 0 Å². The molecule has 0 saturated carbocycles. The Morgan fingerprint density at radius 2 is 2.06 bits per heavy atom. The van der Waals surface area contributed by atoms with Crippen LogP contribution in [0.15, 0.2) is 47.2 Å². The molecule has 0 aliphatic rings. The van der Waals surface area contributed by atoms with Crippen LogP contribution in [0.2, 0.25) is 5.02 Å². The number of pyridine rings is 1. The largest absolute Gasteiger partial charge is 0.442 e. The Morgan fingerprint density at radius 1 is 1.12 bits per heavy atom. The number of aromatic nitrogens is 2. The second-order valence-corrected chi connectivity index (χ2v) is 3.82. The first-order chi connectivity index (χ1) is 7.83. The van der Waals surface area contributed by atoms with E-state index in [0.29, 0.717) is 16.3 Å². The molecule has 0 saturated heterocycles. The van der Waals surface area contributed by atoms with Crippen molar-refractivity contribution < 1.29 is 4.42 Å². The summed E-state index contributed by atoms with van der Waals surface area (Å²) in [7, 11) is 0. The van der Waals surface area contributed by atoms with Gasteiger partial charge in [0.1, 0.15) is 0 Å². The Hall–Kier alpha value is -1.87. The van der Waals surface area contributed by atoms with Crippen LogP contribution in [-0.2, 0) is 0 Å². The van der Waals surface area contributed by atoms with Crippen molar-refractivity contribution in [1.29, 1.82) is 0 Å². The van der Waals surface area contributed by atoms with Gasteiger partial charge in [-0.2, -0.15) is 4.98 Å². The molecule has 0 aliphatic carbocycles. The second-order valence-electron chi connectivity index (χ2n) is 3.38. The van der Waals surface area contributed by atoms with Crippen LogP contribution < -0.4 is 0 Å². The third kappa shape index (κ3) is 1.55. The first-order valence-corrected chi connectivity index (χ1v) is 5.17. The van der Waals surface area contributed by atoms with Crippen molar-refractivity contribution in [2.75, 3.05) is 0 Å². The molecular weight excluding hydrogens is 224 g/mol. The van der Waals surface area contributed by atoms with E-state index in [0.717, 1.165) is 11.3 Å². The maximum absolute atomic E-state index is 5.93. The number of fused-ring (bicyclic) bond motifs is 1. The van der Waals surface area contributed by atoms with Gasteiger partial charge in [0.05, 0.1) is 5.69 Å². The molecule has 0 radical (unpaired) electrons. The molecule has 0 bridgehead atoms. The van der Waals surface area contributed by atoms with Crippen molar-refractivity contribution in [1.82, 2.24) is 9.97 Å². The minimum Gasteiger partial charge on any atom is -0.442 e. The minimum absolute atomic E-state index is 0.609. The van der Waals surface area contributed by atoms with E-state index in [2.05, 4.69) is 9.97 Å². The average molecular weight is 231 g/mol. The predicted octanol–water partition coefficient (Wildman–Crippen LogP) is 3.54. The van der Waals surface area contributed by atoms with Crippen molar-refractivity contribution in [2.24, 2.45) is 0 Å². The van der Waals surface area contributed by atoms with Gasteiger partial charge in [-0.15, -0.1) is 0 Å². The highest BCUT2D eigenvalue weighted by Crippen LogP contribution is 2.22. The molecule has 0 amide bonds. The molecular formula is C12H7ClN2O. The smallest absolute Gasteiger partial charge is 0.199 e. The Kier molecular flexibility index (Phi) is 2.11. The van der Waals surface area contributed by atoms with Crippen LogP contribution >= 0.6 is 11.6 Å². The van der Waals surface area contributed by atoms with Crippen LogP contribution in [0.1, 0.15) is 0 Å². The molecule has 4 heteroatoms. The Bertz CT molecular complexity index is 648. The molecule has 0 spiro atoms. The number of oxazole rings is 1. The van der Waals surface area contributed by atoms with Crippen molar-refractivity contribution >= 4 is 22.8 Å². The third-order valence-corrected chi connectivity index (χ3v) is 2.55. The molecule has 3 rings (SSSR count). The molecule has 1 aromatic carbocycles. The normalized spacial score (nSPS) is 10.8. The summed E-state index contributed by atoms with van der Waals surface area (Å²) >= 11 is 5.93. The van der Waals surface area contributed by atoms with Gasteiger partial charge >= 0.3 is 0 Å². The maximum atomic E-state index is 5.93. The molecule has 78 valence electrons. The second kappa shape index (κ2) is 3.61. The average Bonchev–Trinajstić information content (AvgIpc) is 2.75. The molecule has 3 nitrogen and oxygen atoms in total. The monoisotopic (exact) mass is 230 g/mol. The first-order valence-electron chi connectivity index (χ1n) is 4.79. The standard InChI is InChI=1S/C12H7ClN2O/c13-9-3-1-2-8(6-9)10-4-5-11-12(15-10)14-7-16-11/h1-7H. The number of rotatable bonds is 1. The van der Waals surface area contributed by atoms with Crippen molar-refractivity contribution in [3.8, 4) is 11.3 Å². The lowest BCUT2D eigenvalue weighted by Gasteiger charge is -2.00. The zero-order valence-corrected chi connectivity index (χ0v) is 8.98. The fraction of sp³-hybridized carbons (Fsp3) is 0. The van der Waals surface area contributed by atoms with Gasteiger partial charge in [0.15, 0.2) is 17.6 Å². The van der Waals surface area contributed by atoms with Gasteiger partial charge in [0.25, 0.3) is 0 Å². The lowest BCUT2D eigenvalue weighted by atomic mass is 10.1. The highest BCUT2D eigenvalue weighted by Gasteiger charge is 2.04. The summed E-state index contributed by atoms with van der Waals surface area (Å²) in [5.41, 5.74) is 3.10. The fourth-order valence-corrected chi connectivity index (χ4v) is 1.75. The van der Waals surface area contributed by atoms with Gasteiger partial charge in [0, 0.05) is 10.6 Å². The predicted molar refractivity (Wildman–Crippen MR) is 62.3 cm³/mol. The summed E-state index contributed by atoms with van der Waals surface area (Å²) in [6.07, 6.45) is 1.39. The van der Waals surface area contributed by atoms with E-state index in [4.69, 9.17) is 16.0 Å². The maximum Gasteiger partial charge on any atom is 0.199 e. The number of hydrogen-bond donors (Lipinski definition) is 0. The molecule has 3 aromatic rings. The van der Waals surface area contributed by atoms with Crippen molar-refractivity contribution in [3.63, 3.8) is 0 Å². The van der Waals surface area contributed by atoms with Gasteiger partial charge in [-0.1, -0.05) is 23.7 Å². The molecule has 0 unspecified atom stereocenters. The van der Waals surface area contributed by atoms with E-state index < -0.39 is 0 Å². The minimum atomic E-state index is 0.609. The Balaban J connectivity index is 2.18. The highest BCUT2D eigenvalue weighted by molar-refractivity contribution is 6.30. The molecule has 16 heavy (non-hydrogen) atoms. The van der Waals surface area contributed by atoms with Gasteiger partial charge < -0.3 is 4.42 Å². The van der Waals surface area contributed by atoms with Gasteiger partial charge in [-0.25, -0.2) is 4.98 Å². The van der Waals surface area contributed by atoms with E-state index in [1.54, 1.807) is 0 Å². The van der Waals surface area contributed by atoms with Gasteiger partial charge in [0.2, 0.25) is 0 Å². The summed E-state index contributed by atoms with van der Waals surface area (Å²) in [4.78, 5) is 8.40. The topological polar surface area (TPSA) is 38.9 Å². The molecule has 0 aliphatic heterocycles. The summed E-state index contributed by atoms with van der Waals surface area (Å²) < 4.78 is 5.13. The van der Waals surface area contributed by atoms with Crippen LogP contribution in [0, 0.1) is 0 Å². The number of nitrogens with zero attached hydrogens (tertiary/aromatic N) is 2.